The van der Waals surface area contributed by atoms with Crippen LogP contribution < -0.4 is 26.0 Å². The molecule has 0 fully saturated rings. The molecule has 0 bridgehead atoms. The second kappa shape index (κ2) is 13.1. The quantitative estimate of drug-likeness (QED) is 0.162. The SMILES string of the molecule is C=CC(=O)Nc1cc(Nc2cc(-c3ccc(C=N)c(NC)c3)ncn2)c(OC(F)F)cc1NCCN(C)C. The van der Waals surface area contributed by atoms with Gasteiger partial charge >= 0.3 is 6.61 Å². The summed E-state index contributed by atoms with van der Waals surface area (Å²) in [5.41, 5.74) is 3.68. The Kier molecular flexibility index (Phi) is 9.66. The first kappa shape index (κ1) is 28.0. The summed E-state index contributed by atoms with van der Waals surface area (Å²) in [5.74, 6) is -0.297. The molecule has 3 rings (SSSR count). The molecule has 1 amide bonds. The number of nitrogens with one attached hydrogen (secondary N) is 5. The summed E-state index contributed by atoms with van der Waals surface area (Å²) in [6.45, 7) is 1.55. The summed E-state index contributed by atoms with van der Waals surface area (Å²) in [6, 6.07) is 9.96. The van der Waals surface area contributed by atoms with Crippen LogP contribution in [-0.2, 0) is 4.79 Å². The summed E-state index contributed by atoms with van der Waals surface area (Å²) >= 11 is 0. The Morgan fingerprint density at radius 1 is 1.13 bits per heavy atom. The average Bonchev–Trinajstić information content (AvgIpc) is 2.89. The highest BCUT2D eigenvalue weighted by Gasteiger charge is 2.17. The third kappa shape index (κ3) is 7.46. The van der Waals surface area contributed by atoms with Crippen molar-refractivity contribution >= 4 is 40.7 Å². The van der Waals surface area contributed by atoms with Crippen LogP contribution in [0.15, 0.2) is 55.4 Å². The van der Waals surface area contributed by atoms with E-state index in [0.717, 1.165) is 17.3 Å². The Hall–Kier alpha value is -4.58. The molecule has 0 spiro atoms. The van der Waals surface area contributed by atoms with Crippen molar-refractivity contribution < 1.29 is 18.3 Å². The first-order chi connectivity index (χ1) is 18.2. The highest BCUT2D eigenvalue weighted by molar-refractivity contribution is 6.02. The Morgan fingerprint density at radius 2 is 1.92 bits per heavy atom. The molecule has 0 saturated heterocycles. The largest absolute Gasteiger partial charge is 0.433 e. The van der Waals surface area contributed by atoms with E-state index in [-0.39, 0.29) is 11.4 Å². The number of hydrogen-bond donors (Lipinski definition) is 5. The zero-order valence-corrected chi connectivity index (χ0v) is 21.3. The van der Waals surface area contributed by atoms with Gasteiger partial charge in [-0.1, -0.05) is 18.7 Å². The topological polar surface area (TPSA) is 127 Å². The second-order valence-corrected chi connectivity index (χ2v) is 8.31. The van der Waals surface area contributed by atoms with Crippen molar-refractivity contribution in [2.24, 2.45) is 0 Å². The Morgan fingerprint density at radius 3 is 2.58 bits per heavy atom. The predicted molar refractivity (Wildman–Crippen MR) is 147 cm³/mol. The smallest absolute Gasteiger partial charge is 0.387 e. The van der Waals surface area contributed by atoms with Crippen molar-refractivity contribution in [2.45, 2.75) is 6.61 Å². The molecule has 1 heterocycles. The molecule has 200 valence electrons. The minimum atomic E-state index is -3.08. The molecule has 0 aliphatic carbocycles. The van der Waals surface area contributed by atoms with Crippen molar-refractivity contribution in [2.75, 3.05) is 55.5 Å². The van der Waals surface area contributed by atoms with Gasteiger partial charge in [-0.2, -0.15) is 8.78 Å². The third-order valence-corrected chi connectivity index (χ3v) is 5.36. The lowest BCUT2D eigenvalue weighted by Gasteiger charge is -2.19. The number of aromatic nitrogens is 2. The van der Waals surface area contributed by atoms with Crippen LogP contribution in [0, 0.1) is 5.41 Å². The van der Waals surface area contributed by atoms with Gasteiger partial charge in [0.15, 0.2) is 5.75 Å². The highest BCUT2D eigenvalue weighted by Crippen LogP contribution is 2.38. The second-order valence-electron chi connectivity index (χ2n) is 8.31. The van der Waals surface area contributed by atoms with Crippen LogP contribution in [0.1, 0.15) is 5.56 Å². The molecule has 0 aliphatic rings. The maximum Gasteiger partial charge on any atom is 0.387 e. The van der Waals surface area contributed by atoms with Gasteiger partial charge in [0.2, 0.25) is 5.91 Å². The van der Waals surface area contributed by atoms with Crippen molar-refractivity contribution in [3.63, 3.8) is 0 Å². The number of halogens is 2. The number of amides is 1. The first-order valence-electron chi connectivity index (χ1n) is 11.6. The molecular weight excluding hydrogens is 494 g/mol. The summed E-state index contributed by atoms with van der Waals surface area (Å²) in [6.07, 6.45) is 3.70. The van der Waals surface area contributed by atoms with Crippen LogP contribution in [0.5, 0.6) is 5.75 Å². The van der Waals surface area contributed by atoms with E-state index in [1.807, 2.05) is 31.1 Å². The van der Waals surface area contributed by atoms with Gasteiger partial charge in [-0.25, -0.2) is 9.97 Å². The van der Waals surface area contributed by atoms with E-state index < -0.39 is 12.5 Å². The van der Waals surface area contributed by atoms with Gasteiger partial charge in [0.25, 0.3) is 0 Å². The summed E-state index contributed by atoms with van der Waals surface area (Å²) in [7, 11) is 5.56. The van der Waals surface area contributed by atoms with Crippen LogP contribution in [-0.4, -0.2) is 67.8 Å². The van der Waals surface area contributed by atoms with Gasteiger partial charge in [-0.3, -0.25) is 4.79 Å². The number of carbonyl (C=O) groups excluding carboxylic acids is 1. The van der Waals surface area contributed by atoms with Gasteiger partial charge in [0.05, 0.1) is 22.8 Å². The van der Waals surface area contributed by atoms with Crippen LogP contribution >= 0.6 is 0 Å². The number of hydrogen-bond acceptors (Lipinski definition) is 9. The van der Waals surface area contributed by atoms with Crippen LogP contribution in [0.4, 0.5) is 37.3 Å². The van der Waals surface area contributed by atoms with E-state index in [2.05, 4.69) is 37.8 Å². The minimum Gasteiger partial charge on any atom is -0.433 e. The van der Waals surface area contributed by atoms with E-state index in [0.29, 0.717) is 41.5 Å². The summed E-state index contributed by atoms with van der Waals surface area (Å²) in [4.78, 5) is 22.5. The average molecular weight is 525 g/mol. The van der Waals surface area contributed by atoms with Crippen molar-refractivity contribution in [3.8, 4) is 17.0 Å². The lowest BCUT2D eigenvalue weighted by atomic mass is 10.1. The van der Waals surface area contributed by atoms with Gasteiger partial charge in [-0.15, -0.1) is 0 Å². The number of benzene rings is 2. The Bertz CT molecular complexity index is 1300. The summed E-state index contributed by atoms with van der Waals surface area (Å²) < 4.78 is 31.4. The standard InChI is InChI=1S/C26H30F2N8O2/c1-5-25(37)35-21-11-22(23(38-26(27)28)12-20(21)31-8-9-36(3)4)34-24-13-19(32-15-33-24)16-6-7-17(14-29)18(10-16)30-2/h5-7,10-15,26,29-31H,1,8-9H2,2-4H3,(H,35,37)(H,32,33,34). The van der Waals surface area contributed by atoms with Crippen molar-refractivity contribution in [1.29, 1.82) is 5.41 Å². The maximum atomic E-state index is 13.3. The predicted octanol–water partition coefficient (Wildman–Crippen LogP) is 4.63. The third-order valence-electron chi connectivity index (χ3n) is 5.36. The molecule has 0 unspecified atom stereocenters. The van der Waals surface area contributed by atoms with E-state index in [4.69, 9.17) is 10.1 Å². The number of rotatable bonds is 13. The van der Waals surface area contributed by atoms with E-state index >= 15 is 0 Å². The van der Waals surface area contributed by atoms with Crippen LogP contribution in [0.2, 0.25) is 0 Å². The molecule has 2 aromatic carbocycles. The molecule has 10 nitrogen and oxygen atoms in total. The Labute approximate surface area is 219 Å². The first-order valence-corrected chi connectivity index (χ1v) is 11.6. The van der Waals surface area contributed by atoms with Gasteiger partial charge in [-0.05, 0) is 32.3 Å². The molecule has 38 heavy (non-hydrogen) atoms. The number of nitrogens with zero attached hydrogens (tertiary/aromatic N) is 3. The molecule has 3 aromatic rings. The van der Waals surface area contributed by atoms with E-state index in [1.165, 1.54) is 24.7 Å². The minimum absolute atomic E-state index is 0.142. The molecule has 1 aromatic heterocycles. The monoisotopic (exact) mass is 524 g/mol. The number of anilines is 5. The lowest BCUT2D eigenvalue weighted by Crippen LogP contribution is -2.21. The maximum absolute atomic E-state index is 13.3. The molecule has 0 saturated carbocycles. The zero-order chi connectivity index (χ0) is 27.7. The van der Waals surface area contributed by atoms with Gasteiger partial charge in [0, 0.05) is 55.3 Å². The number of alkyl halides is 2. The van der Waals surface area contributed by atoms with E-state index in [9.17, 15) is 13.6 Å². The molecule has 12 heteroatoms. The normalized spacial score (nSPS) is 10.7. The number of likely N-dealkylation sites (N-methyl/N-ethyl adjacent to an activating group) is 1. The molecule has 0 radical (unpaired) electrons. The number of ether oxygens (including phenoxy) is 1. The summed E-state index contributed by atoms with van der Waals surface area (Å²) in [5, 5.41) is 19.4. The lowest BCUT2D eigenvalue weighted by molar-refractivity contribution is -0.111. The van der Waals surface area contributed by atoms with Crippen molar-refractivity contribution in [1.82, 2.24) is 14.9 Å². The fourth-order valence-corrected chi connectivity index (χ4v) is 3.50. The Balaban J connectivity index is 2.00. The van der Waals surface area contributed by atoms with Crippen LogP contribution in [0.25, 0.3) is 11.3 Å². The van der Waals surface area contributed by atoms with Gasteiger partial charge < -0.3 is 36.3 Å². The number of carbonyl (C=O) groups is 1. The highest BCUT2D eigenvalue weighted by atomic mass is 19.3. The van der Waals surface area contributed by atoms with Crippen LogP contribution in [0.3, 0.4) is 0 Å². The fraction of sp³-hybridized carbons (Fsp3) is 0.231. The molecule has 0 atom stereocenters. The van der Waals surface area contributed by atoms with Crippen molar-refractivity contribution in [3.05, 3.63) is 60.9 Å². The van der Waals surface area contributed by atoms with Gasteiger partial charge in [0.1, 0.15) is 12.1 Å². The molecular formula is C26H30F2N8O2. The zero-order valence-electron chi connectivity index (χ0n) is 21.3. The molecule has 5 N–H and O–H groups in total. The van der Waals surface area contributed by atoms with E-state index in [1.54, 1.807) is 19.2 Å². The molecule has 0 aliphatic heterocycles. The fourth-order valence-electron chi connectivity index (χ4n) is 3.50.